The number of hydrogen-bond acceptors (Lipinski definition) is 5. The molecule has 0 saturated carbocycles. The molecule has 1 aliphatic rings. The first-order chi connectivity index (χ1) is 9.83. The summed E-state index contributed by atoms with van der Waals surface area (Å²) in [5.41, 5.74) is 0. The van der Waals surface area contributed by atoms with Gasteiger partial charge in [-0.25, -0.2) is 13.2 Å². The van der Waals surface area contributed by atoms with Crippen LogP contribution in [0.25, 0.3) is 0 Å². The highest BCUT2D eigenvalue weighted by atomic mass is 32.2. The van der Waals surface area contributed by atoms with E-state index in [-0.39, 0.29) is 12.3 Å². The van der Waals surface area contributed by atoms with Crippen molar-refractivity contribution < 1.29 is 23.1 Å². The van der Waals surface area contributed by atoms with Gasteiger partial charge in [0.2, 0.25) is 0 Å². The van der Waals surface area contributed by atoms with E-state index in [0.29, 0.717) is 18.1 Å². The lowest BCUT2D eigenvalue weighted by Gasteiger charge is -2.37. The number of carboxylic acids is 1. The van der Waals surface area contributed by atoms with Crippen molar-refractivity contribution in [2.75, 3.05) is 36.9 Å². The number of urea groups is 1. The van der Waals surface area contributed by atoms with Crippen LogP contribution >= 0.6 is 11.8 Å². The Morgan fingerprint density at radius 1 is 1.52 bits per heavy atom. The van der Waals surface area contributed by atoms with Gasteiger partial charge >= 0.3 is 12.0 Å². The molecule has 1 rings (SSSR count). The molecule has 0 bridgehead atoms. The molecule has 120 valence electrons. The van der Waals surface area contributed by atoms with Gasteiger partial charge in [0.25, 0.3) is 0 Å². The zero-order valence-corrected chi connectivity index (χ0v) is 13.5. The maximum Gasteiger partial charge on any atom is 0.323 e. The third-order valence-electron chi connectivity index (χ3n) is 3.09. The quantitative estimate of drug-likeness (QED) is 0.709. The molecule has 1 heterocycles. The standard InChI is InChI=1S/C12H20N2O5S2/c1-3-5-13(8-11(15)16)12(17)14-6-7-20-9-10(14)21(18,19)4-2/h3,10H,1,4-9H2,2H3,(H,15,16). The van der Waals surface area contributed by atoms with Crippen molar-refractivity contribution >= 4 is 33.6 Å². The Morgan fingerprint density at radius 2 is 2.19 bits per heavy atom. The molecular formula is C12H20N2O5S2. The molecule has 2 amide bonds. The first-order valence-corrected chi connectivity index (χ1v) is 9.38. The Balaban J connectivity index is 2.98. The van der Waals surface area contributed by atoms with E-state index in [9.17, 15) is 18.0 Å². The van der Waals surface area contributed by atoms with Crippen molar-refractivity contribution in [3.63, 3.8) is 0 Å². The van der Waals surface area contributed by atoms with Gasteiger partial charge in [0.05, 0.1) is 0 Å². The van der Waals surface area contributed by atoms with Crippen LogP contribution in [-0.2, 0) is 14.6 Å². The molecule has 0 aromatic rings. The van der Waals surface area contributed by atoms with Crippen molar-refractivity contribution in [3.05, 3.63) is 12.7 Å². The van der Waals surface area contributed by atoms with E-state index in [1.165, 1.54) is 29.7 Å². The second-order valence-electron chi connectivity index (χ2n) is 4.52. The summed E-state index contributed by atoms with van der Waals surface area (Å²) < 4.78 is 24.2. The topological polar surface area (TPSA) is 95.0 Å². The van der Waals surface area contributed by atoms with Crippen LogP contribution in [0, 0.1) is 0 Å². The van der Waals surface area contributed by atoms with E-state index < -0.39 is 33.8 Å². The Bertz CT molecular complexity index is 506. The fourth-order valence-corrected chi connectivity index (χ4v) is 4.96. The molecule has 1 fully saturated rings. The number of sulfone groups is 1. The van der Waals surface area contributed by atoms with Gasteiger partial charge in [-0.3, -0.25) is 4.79 Å². The maximum absolute atomic E-state index is 12.5. The van der Waals surface area contributed by atoms with Crippen molar-refractivity contribution in [1.82, 2.24) is 9.80 Å². The van der Waals surface area contributed by atoms with Gasteiger partial charge in [-0.05, 0) is 0 Å². The molecule has 1 aliphatic heterocycles. The van der Waals surface area contributed by atoms with E-state index >= 15 is 0 Å². The highest BCUT2D eigenvalue weighted by molar-refractivity contribution is 8.01. The molecule has 0 aromatic heterocycles. The summed E-state index contributed by atoms with van der Waals surface area (Å²) in [4.78, 5) is 25.7. The fraction of sp³-hybridized carbons (Fsp3) is 0.667. The van der Waals surface area contributed by atoms with Crippen LogP contribution in [0.3, 0.4) is 0 Å². The van der Waals surface area contributed by atoms with Gasteiger partial charge in [-0.2, -0.15) is 11.8 Å². The largest absolute Gasteiger partial charge is 0.480 e. The summed E-state index contributed by atoms with van der Waals surface area (Å²) in [7, 11) is -3.41. The number of carbonyl (C=O) groups excluding carboxylic acids is 1. The number of aliphatic carboxylic acids is 1. The number of carbonyl (C=O) groups is 2. The molecule has 1 saturated heterocycles. The highest BCUT2D eigenvalue weighted by Crippen LogP contribution is 2.22. The third-order valence-corrected chi connectivity index (χ3v) is 6.38. The molecule has 0 aromatic carbocycles. The predicted molar refractivity (Wildman–Crippen MR) is 82.1 cm³/mol. The second-order valence-corrected chi connectivity index (χ2v) is 8.12. The van der Waals surface area contributed by atoms with E-state index in [0.717, 1.165) is 4.90 Å². The Morgan fingerprint density at radius 3 is 2.71 bits per heavy atom. The zero-order valence-electron chi connectivity index (χ0n) is 11.9. The lowest BCUT2D eigenvalue weighted by Crippen LogP contribution is -2.55. The number of nitrogens with zero attached hydrogens (tertiary/aromatic N) is 2. The lowest BCUT2D eigenvalue weighted by atomic mass is 10.4. The van der Waals surface area contributed by atoms with Crippen LogP contribution in [-0.4, -0.2) is 77.6 Å². The summed E-state index contributed by atoms with van der Waals surface area (Å²) >= 11 is 1.48. The van der Waals surface area contributed by atoms with Crippen molar-refractivity contribution in [2.24, 2.45) is 0 Å². The molecule has 9 heteroatoms. The minimum atomic E-state index is -3.41. The molecule has 0 radical (unpaired) electrons. The lowest BCUT2D eigenvalue weighted by molar-refractivity contribution is -0.137. The van der Waals surface area contributed by atoms with Gasteiger partial charge in [-0.1, -0.05) is 13.0 Å². The van der Waals surface area contributed by atoms with E-state index in [1.54, 1.807) is 0 Å². The minimum Gasteiger partial charge on any atom is -0.480 e. The highest BCUT2D eigenvalue weighted by Gasteiger charge is 2.37. The smallest absolute Gasteiger partial charge is 0.323 e. The average molecular weight is 336 g/mol. The number of amides is 2. The normalized spacial score (nSPS) is 19.1. The van der Waals surface area contributed by atoms with Gasteiger partial charge in [0, 0.05) is 30.3 Å². The van der Waals surface area contributed by atoms with E-state index in [1.807, 2.05) is 0 Å². The first-order valence-electron chi connectivity index (χ1n) is 6.51. The van der Waals surface area contributed by atoms with Crippen LogP contribution in [0.5, 0.6) is 0 Å². The van der Waals surface area contributed by atoms with Gasteiger partial charge in [0.1, 0.15) is 11.9 Å². The predicted octanol–water partition coefficient (Wildman–Crippen LogP) is 0.489. The van der Waals surface area contributed by atoms with Gasteiger partial charge < -0.3 is 14.9 Å². The summed E-state index contributed by atoms with van der Waals surface area (Å²) in [6.45, 7) is 4.91. The van der Waals surface area contributed by atoms with Crippen molar-refractivity contribution in [1.29, 1.82) is 0 Å². The molecule has 0 spiro atoms. The number of carboxylic acid groups (broad SMARTS) is 1. The average Bonchev–Trinajstić information content (AvgIpc) is 2.45. The molecule has 1 unspecified atom stereocenters. The van der Waals surface area contributed by atoms with Crippen molar-refractivity contribution in [2.45, 2.75) is 12.3 Å². The summed E-state index contributed by atoms with van der Waals surface area (Å²) in [5.74, 6) is -0.248. The van der Waals surface area contributed by atoms with E-state index in [4.69, 9.17) is 5.11 Å². The van der Waals surface area contributed by atoms with Crippen LogP contribution in [0.15, 0.2) is 12.7 Å². The van der Waals surface area contributed by atoms with Gasteiger partial charge in [0.15, 0.2) is 9.84 Å². The van der Waals surface area contributed by atoms with Crippen LogP contribution in [0.1, 0.15) is 6.92 Å². The SMILES string of the molecule is C=CCN(CC(=O)O)C(=O)N1CCSCC1S(=O)(=O)CC. The van der Waals surface area contributed by atoms with Crippen molar-refractivity contribution in [3.8, 4) is 0 Å². The summed E-state index contributed by atoms with van der Waals surface area (Å²) in [6.07, 6.45) is 1.42. The van der Waals surface area contributed by atoms with Crippen LogP contribution in [0.2, 0.25) is 0 Å². The molecular weight excluding hydrogens is 316 g/mol. The van der Waals surface area contributed by atoms with Crippen LogP contribution < -0.4 is 0 Å². The zero-order chi connectivity index (χ0) is 16.0. The molecule has 1 atom stereocenters. The molecule has 7 nitrogen and oxygen atoms in total. The molecule has 1 N–H and O–H groups in total. The number of rotatable bonds is 6. The third kappa shape index (κ3) is 4.63. The Labute approximate surface area is 128 Å². The fourth-order valence-electron chi connectivity index (χ4n) is 2.00. The Kier molecular flexibility index (Phi) is 6.53. The number of thioether (sulfide) groups is 1. The second kappa shape index (κ2) is 7.69. The summed E-state index contributed by atoms with van der Waals surface area (Å²) in [5, 5.41) is 7.97. The first kappa shape index (κ1) is 17.8. The molecule has 0 aliphatic carbocycles. The Hall–Kier alpha value is -1.22. The summed E-state index contributed by atoms with van der Waals surface area (Å²) in [6, 6.07) is -0.570. The maximum atomic E-state index is 12.5. The van der Waals surface area contributed by atoms with E-state index in [2.05, 4.69) is 6.58 Å². The van der Waals surface area contributed by atoms with Crippen LogP contribution in [0.4, 0.5) is 4.79 Å². The van der Waals surface area contributed by atoms with Gasteiger partial charge in [-0.15, -0.1) is 6.58 Å². The number of hydrogen-bond donors (Lipinski definition) is 1. The molecule has 21 heavy (non-hydrogen) atoms. The monoisotopic (exact) mass is 336 g/mol. The minimum absolute atomic E-state index is 0.0532.